The van der Waals surface area contributed by atoms with E-state index in [1.807, 2.05) is 44.2 Å². The Hall–Kier alpha value is -4.32. The number of nitrogens with one attached hydrogen (secondary N) is 1. The van der Waals surface area contributed by atoms with Crippen molar-refractivity contribution >= 4 is 28.6 Å². The molecule has 0 spiro atoms. The molecule has 1 aliphatic rings. The van der Waals surface area contributed by atoms with E-state index in [2.05, 4.69) is 56.0 Å². The molecule has 2 amide bonds. The van der Waals surface area contributed by atoms with Crippen molar-refractivity contribution in [3.05, 3.63) is 89.7 Å². The Morgan fingerprint density at radius 1 is 1.00 bits per heavy atom. The maximum atomic E-state index is 13.1. The van der Waals surface area contributed by atoms with E-state index in [-0.39, 0.29) is 5.75 Å². The van der Waals surface area contributed by atoms with Crippen LogP contribution in [0.4, 0.5) is 23.7 Å². The number of amidine groups is 1. The number of carbonyl (C=O) groups is 1. The minimum atomic E-state index is -4.75. The summed E-state index contributed by atoms with van der Waals surface area (Å²) in [4.78, 5) is 24.1. The van der Waals surface area contributed by atoms with Crippen molar-refractivity contribution in [2.45, 2.75) is 46.0 Å². The van der Waals surface area contributed by atoms with Crippen LogP contribution in [0, 0.1) is 13.8 Å². The fourth-order valence-electron chi connectivity index (χ4n) is 4.90. The molecule has 0 unspecified atom stereocenters. The summed E-state index contributed by atoms with van der Waals surface area (Å²) in [6.45, 7) is 8.77. The number of aromatic nitrogens is 3. The molecule has 5 rings (SSSR count). The third kappa shape index (κ3) is 7.19. The van der Waals surface area contributed by atoms with E-state index in [0.29, 0.717) is 16.7 Å². The first kappa shape index (κ1) is 30.1. The zero-order chi connectivity index (χ0) is 30.8. The molecule has 4 aromatic rings. The molecule has 0 atom stereocenters. The molecule has 0 saturated carbocycles. The standard InChI is InChI=1S/C31H31F3N6O2S/c1-20-7-5-8-21(2)26(20)39-17-6-18-43-29(39)36-28(41)37-30(3,4)23-11-9-22(10-12-23)27-35-19-40(38-27)24-13-15-25(16-14-24)42-31(32,33)34/h5,7-16,19H,6,17-18H2,1-4H3,(H,37,41)/b36-29-. The number of benzene rings is 3. The molecule has 1 aromatic heterocycles. The predicted octanol–water partition coefficient (Wildman–Crippen LogP) is 7.39. The number of halogens is 3. The molecule has 3 aromatic carbocycles. The van der Waals surface area contributed by atoms with Crippen LogP contribution in [0.25, 0.3) is 17.1 Å². The number of nitrogens with zero attached hydrogens (tertiary/aromatic N) is 5. The van der Waals surface area contributed by atoms with E-state index in [0.717, 1.165) is 46.7 Å². The van der Waals surface area contributed by atoms with Gasteiger partial charge in [-0.3, -0.25) is 0 Å². The van der Waals surface area contributed by atoms with Gasteiger partial charge in [-0.2, -0.15) is 4.99 Å². The Balaban J connectivity index is 1.27. The van der Waals surface area contributed by atoms with Gasteiger partial charge in [0.2, 0.25) is 0 Å². The highest BCUT2D eigenvalue weighted by molar-refractivity contribution is 8.14. The molecular weight excluding hydrogens is 577 g/mol. The van der Waals surface area contributed by atoms with Crippen LogP contribution in [-0.4, -0.2) is 44.6 Å². The molecule has 2 heterocycles. The van der Waals surface area contributed by atoms with Crippen LogP contribution < -0.4 is 15.0 Å². The molecule has 224 valence electrons. The predicted molar refractivity (Wildman–Crippen MR) is 163 cm³/mol. The minimum Gasteiger partial charge on any atom is -0.406 e. The number of amides is 2. The summed E-state index contributed by atoms with van der Waals surface area (Å²) in [5.74, 6) is 1.03. The van der Waals surface area contributed by atoms with Crippen molar-refractivity contribution in [2.24, 2.45) is 4.99 Å². The number of para-hydroxylation sites is 1. The first-order valence-electron chi connectivity index (χ1n) is 13.7. The fraction of sp³-hybridized carbons (Fsp3) is 0.290. The first-order valence-corrected chi connectivity index (χ1v) is 14.6. The molecule has 1 saturated heterocycles. The highest BCUT2D eigenvalue weighted by Crippen LogP contribution is 2.31. The lowest BCUT2D eigenvalue weighted by Gasteiger charge is -2.32. The van der Waals surface area contributed by atoms with Gasteiger partial charge in [-0.15, -0.1) is 18.3 Å². The van der Waals surface area contributed by atoms with E-state index >= 15 is 0 Å². The third-order valence-electron chi connectivity index (χ3n) is 7.01. The maximum Gasteiger partial charge on any atom is 0.573 e. The van der Waals surface area contributed by atoms with E-state index in [9.17, 15) is 18.0 Å². The topological polar surface area (TPSA) is 84.6 Å². The van der Waals surface area contributed by atoms with Gasteiger partial charge in [-0.25, -0.2) is 14.5 Å². The quantitative estimate of drug-likeness (QED) is 0.246. The normalized spacial score (nSPS) is 15.0. The van der Waals surface area contributed by atoms with Gasteiger partial charge in [0.15, 0.2) is 11.0 Å². The summed E-state index contributed by atoms with van der Waals surface area (Å²) in [6, 6.07) is 18.6. The molecule has 1 fully saturated rings. The smallest absolute Gasteiger partial charge is 0.406 e. The van der Waals surface area contributed by atoms with Crippen LogP contribution in [-0.2, 0) is 5.54 Å². The lowest BCUT2D eigenvalue weighted by molar-refractivity contribution is -0.274. The number of carbonyl (C=O) groups excluding carboxylic acids is 1. The van der Waals surface area contributed by atoms with Crippen molar-refractivity contribution in [3.63, 3.8) is 0 Å². The SMILES string of the molecule is Cc1cccc(C)c1N1CCCS/C1=N\C(=O)NC(C)(C)c1ccc(-c2ncn(-c3ccc(OC(F)(F)F)cc3)n2)cc1. The molecule has 0 radical (unpaired) electrons. The van der Waals surface area contributed by atoms with Crippen molar-refractivity contribution in [2.75, 3.05) is 17.2 Å². The summed E-state index contributed by atoms with van der Waals surface area (Å²) in [7, 11) is 0. The second-order valence-corrected chi connectivity index (χ2v) is 11.7. The number of rotatable bonds is 6. The zero-order valence-corrected chi connectivity index (χ0v) is 25.0. The Kier molecular flexibility index (Phi) is 8.50. The van der Waals surface area contributed by atoms with Gasteiger partial charge >= 0.3 is 12.4 Å². The van der Waals surface area contributed by atoms with Gasteiger partial charge in [-0.05, 0) is 75.1 Å². The molecule has 1 N–H and O–H groups in total. The van der Waals surface area contributed by atoms with Gasteiger partial charge in [-0.1, -0.05) is 54.2 Å². The lowest BCUT2D eigenvalue weighted by Crippen LogP contribution is -2.41. The van der Waals surface area contributed by atoms with Crippen LogP contribution in [0.3, 0.4) is 0 Å². The summed E-state index contributed by atoms with van der Waals surface area (Å²) in [5.41, 5.74) is 4.81. The molecule has 0 aliphatic carbocycles. The summed E-state index contributed by atoms with van der Waals surface area (Å²) in [6.07, 6.45) is -2.26. The van der Waals surface area contributed by atoms with Crippen LogP contribution >= 0.6 is 11.8 Å². The van der Waals surface area contributed by atoms with Gasteiger partial charge in [0, 0.05) is 23.5 Å². The first-order chi connectivity index (χ1) is 20.4. The summed E-state index contributed by atoms with van der Waals surface area (Å²) < 4.78 is 42.7. The third-order valence-corrected chi connectivity index (χ3v) is 8.07. The number of alkyl halides is 3. The number of aryl methyl sites for hydroxylation is 2. The summed E-state index contributed by atoms with van der Waals surface area (Å²) in [5, 5.41) is 8.19. The van der Waals surface area contributed by atoms with Gasteiger partial charge in [0.05, 0.1) is 11.2 Å². The van der Waals surface area contributed by atoms with Gasteiger partial charge in [0.25, 0.3) is 0 Å². The number of aliphatic imine (C=N–C) groups is 1. The summed E-state index contributed by atoms with van der Waals surface area (Å²) >= 11 is 1.58. The van der Waals surface area contributed by atoms with Crippen molar-refractivity contribution in [1.82, 2.24) is 20.1 Å². The minimum absolute atomic E-state index is 0.315. The maximum absolute atomic E-state index is 13.1. The number of thioether (sulfide) groups is 1. The average molecular weight is 609 g/mol. The van der Waals surface area contributed by atoms with Crippen LogP contribution in [0.5, 0.6) is 5.75 Å². The number of ether oxygens (including phenoxy) is 1. The fourth-order valence-corrected chi connectivity index (χ4v) is 5.84. The number of hydrogen-bond acceptors (Lipinski definition) is 5. The van der Waals surface area contributed by atoms with Crippen LogP contribution in [0.1, 0.15) is 37.0 Å². The molecule has 8 nitrogen and oxygen atoms in total. The average Bonchev–Trinajstić information content (AvgIpc) is 3.44. The monoisotopic (exact) mass is 608 g/mol. The largest absolute Gasteiger partial charge is 0.573 e. The van der Waals surface area contributed by atoms with Gasteiger partial charge in [0.1, 0.15) is 12.1 Å². The van der Waals surface area contributed by atoms with Gasteiger partial charge < -0.3 is 15.0 Å². The van der Waals surface area contributed by atoms with Crippen molar-refractivity contribution in [1.29, 1.82) is 0 Å². The van der Waals surface area contributed by atoms with E-state index in [4.69, 9.17) is 0 Å². The highest BCUT2D eigenvalue weighted by atomic mass is 32.2. The highest BCUT2D eigenvalue weighted by Gasteiger charge is 2.31. The molecule has 12 heteroatoms. The van der Waals surface area contributed by atoms with E-state index in [1.54, 1.807) is 11.8 Å². The van der Waals surface area contributed by atoms with Crippen molar-refractivity contribution < 1.29 is 22.7 Å². The Morgan fingerprint density at radius 3 is 2.33 bits per heavy atom. The Bertz CT molecular complexity index is 1610. The van der Waals surface area contributed by atoms with E-state index < -0.39 is 17.9 Å². The molecular formula is C31H31F3N6O2S. The number of anilines is 1. The second kappa shape index (κ2) is 12.1. The Labute approximate surface area is 252 Å². The molecule has 1 aliphatic heterocycles. The van der Waals surface area contributed by atoms with Crippen molar-refractivity contribution in [3.8, 4) is 22.8 Å². The zero-order valence-electron chi connectivity index (χ0n) is 24.1. The van der Waals surface area contributed by atoms with Crippen LogP contribution in [0.2, 0.25) is 0 Å². The van der Waals surface area contributed by atoms with Crippen LogP contribution in [0.15, 0.2) is 78.0 Å². The number of urea groups is 1. The lowest BCUT2D eigenvalue weighted by atomic mass is 9.93. The Morgan fingerprint density at radius 2 is 1.67 bits per heavy atom. The van der Waals surface area contributed by atoms with E-state index in [1.165, 1.54) is 35.3 Å². The molecule has 0 bridgehead atoms. The number of hydrogen-bond donors (Lipinski definition) is 1. The second-order valence-electron chi connectivity index (χ2n) is 10.7. The molecule has 43 heavy (non-hydrogen) atoms.